The number of hydrogen-bond acceptors (Lipinski definition) is 3. The highest BCUT2D eigenvalue weighted by molar-refractivity contribution is 7.29. The second-order valence-electron chi connectivity index (χ2n) is 2.43. The molecule has 60 valence electrons. The van der Waals surface area contributed by atoms with Gasteiger partial charge in [-0.15, -0.1) is 0 Å². The molecule has 2 aromatic heterocycles. The first-order valence-electron chi connectivity index (χ1n) is 3.63. The van der Waals surface area contributed by atoms with Gasteiger partial charge in [-0.2, -0.15) is 22.7 Å². The summed E-state index contributed by atoms with van der Waals surface area (Å²) in [5.41, 5.74) is 0. The summed E-state index contributed by atoms with van der Waals surface area (Å²) in [4.78, 5) is 0. The first-order valence-corrected chi connectivity index (χ1v) is 5.39. The van der Waals surface area contributed by atoms with E-state index in [-0.39, 0.29) is 0 Å². The summed E-state index contributed by atoms with van der Waals surface area (Å²) < 4.78 is 2.02. The van der Waals surface area contributed by atoms with Gasteiger partial charge in [0.15, 0.2) is 0 Å². The van der Waals surface area contributed by atoms with Crippen LogP contribution in [0.25, 0.3) is 0 Å². The SMILES string of the molecule is OB(c1cccs1)c1cccs1. The van der Waals surface area contributed by atoms with Crippen molar-refractivity contribution >= 4 is 39.1 Å². The van der Waals surface area contributed by atoms with E-state index in [4.69, 9.17) is 0 Å². The van der Waals surface area contributed by atoms with Crippen molar-refractivity contribution in [2.24, 2.45) is 0 Å². The second kappa shape index (κ2) is 3.43. The Labute approximate surface area is 79.4 Å². The highest BCUT2D eigenvalue weighted by Crippen LogP contribution is 1.99. The number of hydrogen-bond donors (Lipinski definition) is 1. The van der Waals surface area contributed by atoms with Gasteiger partial charge in [0, 0.05) is 9.55 Å². The molecule has 4 heteroatoms. The molecule has 2 aromatic rings. The van der Waals surface area contributed by atoms with Crippen molar-refractivity contribution in [3.05, 3.63) is 35.0 Å². The molecule has 1 nitrogen and oxygen atoms in total. The summed E-state index contributed by atoms with van der Waals surface area (Å²) in [6, 6.07) is 7.82. The van der Waals surface area contributed by atoms with E-state index in [0.29, 0.717) is 0 Å². The Kier molecular flexibility index (Phi) is 2.30. The zero-order valence-electron chi connectivity index (χ0n) is 6.31. The van der Waals surface area contributed by atoms with Gasteiger partial charge in [-0.1, -0.05) is 24.3 Å². The van der Waals surface area contributed by atoms with Crippen LogP contribution in [-0.4, -0.2) is 11.9 Å². The van der Waals surface area contributed by atoms with Gasteiger partial charge in [-0.05, 0) is 10.8 Å². The molecule has 0 spiro atoms. The van der Waals surface area contributed by atoms with Crippen LogP contribution in [-0.2, 0) is 0 Å². The van der Waals surface area contributed by atoms with E-state index in [9.17, 15) is 5.02 Å². The number of rotatable bonds is 2. The molecular formula is C8H7BOS2. The molecular weight excluding hydrogens is 187 g/mol. The molecule has 0 aromatic carbocycles. The van der Waals surface area contributed by atoms with Crippen LogP contribution in [0.2, 0.25) is 0 Å². The highest BCUT2D eigenvalue weighted by atomic mass is 32.1. The Morgan fingerprint density at radius 1 is 1.00 bits per heavy atom. The lowest BCUT2D eigenvalue weighted by Gasteiger charge is -1.98. The lowest BCUT2D eigenvalue weighted by molar-refractivity contribution is 0.602. The van der Waals surface area contributed by atoms with Crippen molar-refractivity contribution in [2.75, 3.05) is 0 Å². The third kappa shape index (κ3) is 1.46. The molecule has 12 heavy (non-hydrogen) atoms. The molecule has 1 N–H and O–H groups in total. The third-order valence-electron chi connectivity index (χ3n) is 1.63. The standard InChI is InChI=1S/C8H7BOS2/c10-9(7-3-1-5-11-7)8-4-2-6-12-8/h1-6,10H. The van der Waals surface area contributed by atoms with Crippen LogP contribution in [0.4, 0.5) is 0 Å². The fraction of sp³-hybridized carbons (Fsp3) is 0. The van der Waals surface area contributed by atoms with E-state index in [1.165, 1.54) is 0 Å². The van der Waals surface area contributed by atoms with Crippen LogP contribution in [0.3, 0.4) is 0 Å². The Hall–Kier alpha value is -0.575. The van der Waals surface area contributed by atoms with Crippen molar-refractivity contribution in [3.8, 4) is 0 Å². The Bertz CT molecular complexity index is 294. The molecule has 0 radical (unpaired) electrons. The van der Waals surface area contributed by atoms with E-state index < -0.39 is 6.92 Å². The Morgan fingerprint density at radius 3 is 1.83 bits per heavy atom. The smallest absolute Gasteiger partial charge is 0.379 e. The molecule has 2 heterocycles. The minimum absolute atomic E-state index is 0.426. The van der Waals surface area contributed by atoms with Gasteiger partial charge in [0.25, 0.3) is 0 Å². The van der Waals surface area contributed by atoms with Crippen LogP contribution >= 0.6 is 22.7 Å². The predicted octanol–water partition coefficient (Wildman–Crippen LogP) is 0.908. The molecule has 0 bridgehead atoms. The Morgan fingerprint density at radius 2 is 1.50 bits per heavy atom. The van der Waals surface area contributed by atoms with E-state index in [1.807, 2.05) is 35.0 Å². The van der Waals surface area contributed by atoms with Gasteiger partial charge < -0.3 is 5.02 Å². The summed E-state index contributed by atoms with van der Waals surface area (Å²) >= 11 is 3.17. The molecule has 0 aliphatic heterocycles. The zero-order chi connectivity index (χ0) is 8.39. The molecule has 0 unspecified atom stereocenters. The Balaban J connectivity index is 2.27. The average molecular weight is 194 g/mol. The molecule has 0 fully saturated rings. The van der Waals surface area contributed by atoms with E-state index in [1.54, 1.807) is 22.7 Å². The van der Waals surface area contributed by atoms with Crippen LogP contribution in [0.15, 0.2) is 35.0 Å². The molecule has 0 amide bonds. The van der Waals surface area contributed by atoms with Crippen molar-refractivity contribution < 1.29 is 5.02 Å². The maximum Gasteiger partial charge on any atom is 0.379 e. The van der Waals surface area contributed by atoms with Gasteiger partial charge in [-0.25, -0.2) is 0 Å². The predicted molar refractivity (Wildman–Crippen MR) is 55.9 cm³/mol. The molecule has 0 saturated carbocycles. The normalized spacial score (nSPS) is 10.1. The van der Waals surface area contributed by atoms with Crippen LogP contribution in [0.1, 0.15) is 0 Å². The monoisotopic (exact) mass is 194 g/mol. The lowest BCUT2D eigenvalue weighted by Crippen LogP contribution is -2.38. The quantitative estimate of drug-likeness (QED) is 0.704. The fourth-order valence-corrected chi connectivity index (χ4v) is 2.56. The second-order valence-corrected chi connectivity index (χ2v) is 4.39. The third-order valence-corrected chi connectivity index (χ3v) is 3.47. The van der Waals surface area contributed by atoms with Gasteiger partial charge in [-0.3, -0.25) is 0 Å². The zero-order valence-corrected chi connectivity index (χ0v) is 7.94. The molecule has 0 atom stereocenters. The van der Waals surface area contributed by atoms with Crippen LogP contribution in [0.5, 0.6) is 0 Å². The minimum atomic E-state index is -0.426. The van der Waals surface area contributed by atoms with Crippen LogP contribution in [0, 0.1) is 0 Å². The highest BCUT2D eigenvalue weighted by Gasteiger charge is 2.18. The minimum Gasteiger partial charge on any atom is -0.442 e. The number of thiophene rings is 2. The summed E-state index contributed by atoms with van der Waals surface area (Å²) in [5, 5.41) is 13.7. The summed E-state index contributed by atoms with van der Waals surface area (Å²) in [7, 11) is 0. The molecule has 2 rings (SSSR count). The van der Waals surface area contributed by atoms with Crippen molar-refractivity contribution in [1.29, 1.82) is 0 Å². The van der Waals surface area contributed by atoms with E-state index in [2.05, 4.69) is 0 Å². The van der Waals surface area contributed by atoms with E-state index >= 15 is 0 Å². The van der Waals surface area contributed by atoms with Crippen molar-refractivity contribution in [1.82, 2.24) is 0 Å². The van der Waals surface area contributed by atoms with Crippen molar-refractivity contribution in [3.63, 3.8) is 0 Å². The summed E-state index contributed by atoms with van der Waals surface area (Å²) in [6.45, 7) is -0.426. The maximum absolute atomic E-state index is 9.79. The largest absolute Gasteiger partial charge is 0.442 e. The van der Waals surface area contributed by atoms with Gasteiger partial charge in [0.05, 0.1) is 0 Å². The van der Waals surface area contributed by atoms with Gasteiger partial charge >= 0.3 is 6.92 Å². The molecule has 0 saturated heterocycles. The van der Waals surface area contributed by atoms with Crippen LogP contribution < -0.4 is 9.55 Å². The molecule has 0 aliphatic rings. The van der Waals surface area contributed by atoms with E-state index in [0.717, 1.165) is 9.55 Å². The first-order chi connectivity index (χ1) is 5.88. The lowest BCUT2D eigenvalue weighted by atomic mass is 9.66. The summed E-state index contributed by atoms with van der Waals surface area (Å²) in [5.74, 6) is 0. The summed E-state index contributed by atoms with van der Waals surface area (Å²) in [6.07, 6.45) is 0. The maximum atomic E-state index is 9.79. The molecule has 0 aliphatic carbocycles. The fourth-order valence-electron chi connectivity index (χ4n) is 1.03. The van der Waals surface area contributed by atoms with Crippen molar-refractivity contribution in [2.45, 2.75) is 0 Å². The topological polar surface area (TPSA) is 20.2 Å². The first kappa shape index (κ1) is 8.04. The average Bonchev–Trinajstić information content (AvgIpc) is 2.77. The van der Waals surface area contributed by atoms with Gasteiger partial charge in [0.2, 0.25) is 0 Å². The van der Waals surface area contributed by atoms with Gasteiger partial charge in [0.1, 0.15) is 0 Å².